The van der Waals surface area contributed by atoms with Gasteiger partial charge < -0.3 is 15.3 Å². The molecule has 2 N–H and O–H groups in total. The molecule has 0 heterocycles. The van der Waals surface area contributed by atoms with E-state index in [1.165, 1.54) is 0 Å². The lowest BCUT2D eigenvalue weighted by Gasteiger charge is -2.14. The van der Waals surface area contributed by atoms with Gasteiger partial charge in [-0.2, -0.15) is 0 Å². The van der Waals surface area contributed by atoms with Crippen LogP contribution in [0.15, 0.2) is 30.3 Å². The van der Waals surface area contributed by atoms with Crippen LogP contribution in [-0.4, -0.2) is 43.1 Å². The second-order valence-corrected chi connectivity index (χ2v) is 3.97. The van der Waals surface area contributed by atoms with Gasteiger partial charge in [0.25, 0.3) is 0 Å². The van der Waals surface area contributed by atoms with Gasteiger partial charge in [0, 0.05) is 6.54 Å². The number of rotatable bonds is 5. The standard InChI is InChI=1S/C12H18N2O2/c1-14(2)9-12(16)13-8-11(15)10-6-4-3-5-7-10/h3-7,11,15H,8-9H2,1-2H3,(H,13,16). The average molecular weight is 222 g/mol. The number of amides is 1. The SMILES string of the molecule is CN(C)CC(=O)NCC(O)c1ccccc1. The summed E-state index contributed by atoms with van der Waals surface area (Å²) in [6.45, 7) is 0.582. The van der Waals surface area contributed by atoms with Gasteiger partial charge in [-0.1, -0.05) is 30.3 Å². The van der Waals surface area contributed by atoms with Gasteiger partial charge in [-0.25, -0.2) is 0 Å². The second-order valence-electron chi connectivity index (χ2n) is 3.97. The molecule has 0 radical (unpaired) electrons. The van der Waals surface area contributed by atoms with Gasteiger partial charge in [0.05, 0.1) is 12.6 Å². The predicted octanol–water partition coefficient (Wildman–Crippen LogP) is 0.398. The van der Waals surface area contributed by atoms with E-state index < -0.39 is 6.10 Å². The number of benzene rings is 1. The zero-order chi connectivity index (χ0) is 12.0. The monoisotopic (exact) mass is 222 g/mol. The zero-order valence-corrected chi connectivity index (χ0v) is 9.68. The molecule has 0 saturated heterocycles. The van der Waals surface area contributed by atoms with E-state index in [4.69, 9.17) is 0 Å². The molecular weight excluding hydrogens is 204 g/mol. The van der Waals surface area contributed by atoms with Crippen molar-refractivity contribution in [3.63, 3.8) is 0 Å². The quantitative estimate of drug-likeness (QED) is 0.758. The van der Waals surface area contributed by atoms with Crippen molar-refractivity contribution in [2.24, 2.45) is 0 Å². The van der Waals surface area contributed by atoms with Crippen LogP contribution in [0.4, 0.5) is 0 Å². The lowest BCUT2D eigenvalue weighted by Crippen LogP contribution is -2.35. The van der Waals surface area contributed by atoms with Crippen LogP contribution in [0.5, 0.6) is 0 Å². The minimum Gasteiger partial charge on any atom is -0.387 e. The number of carbonyl (C=O) groups is 1. The van der Waals surface area contributed by atoms with Gasteiger partial charge in [-0.3, -0.25) is 4.79 Å². The van der Waals surface area contributed by atoms with Gasteiger partial charge in [0.15, 0.2) is 0 Å². The molecular formula is C12H18N2O2. The highest BCUT2D eigenvalue weighted by atomic mass is 16.3. The molecule has 1 aromatic carbocycles. The smallest absolute Gasteiger partial charge is 0.234 e. The Morgan fingerprint density at radius 1 is 1.38 bits per heavy atom. The molecule has 1 rings (SSSR count). The van der Waals surface area contributed by atoms with Gasteiger partial charge in [-0.15, -0.1) is 0 Å². The Labute approximate surface area is 95.9 Å². The predicted molar refractivity (Wildman–Crippen MR) is 63.0 cm³/mol. The fraction of sp³-hybridized carbons (Fsp3) is 0.417. The third-order valence-electron chi connectivity index (χ3n) is 2.14. The fourth-order valence-corrected chi connectivity index (χ4v) is 1.35. The first-order chi connectivity index (χ1) is 7.59. The van der Waals surface area contributed by atoms with Crippen LogP contribution in [0.25, 0.3) is 0 Å². The molecule has 0 aliphatic rings. The molecule has 1 amide bonds. The maximum absolute atomic E-state index is 11.3. The Hall–Kier alpha value is -1.39. The van der Waals surface area contributed by atoms with Crippen molar-refractivity contribution < 1.29 is 9.90 Å². The highest BCUT2D eigenvalue weighted by Crippen LogP contribution is 2.10. The van der Waals surface area contributed by atoms with E-state index >= 15 is 0 Å². The van der Waals surface area contributed by atoms with E-state index in [2.05, 4.69) is 5.32 Å². The Balaban J connectivity index is 2.36. The highest BCUT2D eigenvalue weighted by molar-refractivity contribution is 5.77. The maximum atomic E-state index is 11.3. The number of likely N-dealkylation sites (N-methyl/N-ethyl adjacent to an activating group) is 1. The molecule has 0 aliphatic heterocycles. The molecule has 0 bridgehead atoms. The van der Waals surface area contributed by atoms with Crippen molar-refractivity contribution in [3.8, 4) is 0 Å². The summed E-state index contributed by atoms with van der Waals surface area (Å²) in [5, 5.41) is 12.5. The van der Waals surface area contributed by atoms with E-state index in [1.54, 1.807) is 4.90 Å². The first kappa shape index (κ1) is 12.7. The first-order valence-electron chi connectivity index (χ1n) is 5.24. The Morgan fingerprint density at radius 2 is 2.00 bits per heavy atom. The highest BCUT2D eigenvalue weighted by Gasteiger charge is 2.09. The largest absolute Gasteiger partial charge is 0.387 e. The minimum absolute atomic E-state index is 0.0834. The third-order valence-corrected chi connectivity index (χ3v) is 2.14. The summed E-state index contributed by atoms with van der Waals surface area (Å²) in [6, 6.07) is 9.28. The van der Waals surface area contributed by atoms with Crippen molar-refractivity contribution in [3.05, 3.63) is 35.9 Å². The fourth-order valence-electron chi connectivity index (χ4n) is 1.35. The van der Waals surface area contributed by atoms with Crippen LogP contribution in [0.1, 0.15) is 11.7 Å². The van der Waals surface area contributed by atoms with Crippen molar-refractivity contribution in [2.75, 3.05) is 27.2 Å². The lowest BCUT2D eigenvalue weighted by atomic mass is 10.1. The minimum atomic E-state index is -0.646. The number of aliphatic hydroxyl groups excluding tert-OH is 1. The molecule has 0 fully saturated rings. The summed E-state index contributed by atoms with van der Waals surface area (Å²) >= 11 is 0. The van der Waals surface area contributed by atoms with Crippen LogP contribution < -0.4 is 5.32 Å². The topological polar surface area (TPSA) is 52.6 Å². The van der Waals surface area contributed by atoms with E-state index in [-0.39, 0.29) is 12.5 Å². The number of hydrogen-bond acceptors (Lipinski definition) is 3. The Bertz CT molecular complexity index is 325. The van der Waals surface area contributed by atoms with Crippen LogP contribution in [-0.2, 0) is 4.79 Å². The Kier molecular flexibility index (Phi) is 4.95. The lowest BCUT2D eigenvalue weighted by molar-refractivity contribution is -0.122. The van der Waals surface area contributed by atoms with Gasteiger partial charge >= 0.3 is 0 Å². The van der Waals surface area contributed by atoms with Crippen molar-refractivity contribution in [1.82, 2.24) is 10.2 Å². The van der Waals surface area contributed by atoms with Gasteiger partial charge in [0.1, 0.15) is 0 Å². The second kappa shape index (κ2) is 6.25. The van der Waals surface area contributed by atoms with Crippen LogP contribution in [0, 0.1) is 0 Å². The summed E-state index contributed by atoms with van der Waals surface area (Å²) in [5.74, 6) is -0.0834. The summed E-state index contributed by atoms with van der Waals surface area (Å²) in [4.78, 5) is 13.1. The molecule has 16 heavy (non-hydrogen) atoms. The van der Waals surface area contributed by atoms with E-state index in [0.29, 0.717) is 6.54 Å². The molecule has 0 saturated carbocycles. The summed E-state index contributed by atoms with van der Waals surface area (Å²) < 4.78 is 0. The third kappa shape index (κ3) is 4.42. The number of aliphatic hydroxyl groups is 1. The van der Waals surface area contributed by atoms with Crippen molar-refractivity contribution >= 4 is 5.91 Å². The molecule has 4 nitrogen and oxygen atoms in total. The summed E-state index contributed by atoms with van der Waals surface area (Å²) in [5.41, 5.74) is 0.813. The molecule has 0 spiro atoms. The average Bonchev–Trinajstić information content (AvgIpc) is 2.26. The normalized spacial score (nSPS) is 12.5. The van der Waals surface area contributed by atoms with Crippen LogP contribution in [0.2, 0.25) is 0 Å². The molecule has 4 heteroatoms. The molecule has 1 unspecified atom stereocenters. The number of hydrogen-bond donors (Lipinski definition) is 2. The van der Waals surface area contributed by atoms with Gasteiger partial charge in [-0.05, 0) is 19.7 Å². The van der Waals surface area contributed by atoms with Gasteiger partial charge in [0.2, 0.25) is 5.91 Å². The zero-order valence-electron chi connectivity index (χ0n) is 9.68. The maximum Gasteiger partial charge on any atom is 0.234 e. The van der Waals surface area contributed by atoms with Crippen LogP contribution in [0.3, 0.4) is 0 Å². The summed E-state index contributed by atoms with van der Waals surface area (Å²) in [6.07, 6.45) is -0.646. The first-order valence-corrected chi connectivity index (χ1v) is 5.24. The van der Waals surface area contributed by atoms with Crippen molar-refractivity contribution in [1.29, 1.82) is 0 Å². The Morgan fingerprint density at radius 3 is 2.56 bits per heavy atom. The van der Waals surface area contributed by atoms with E-state index in [0.717, 1.165) is 5.56 Å². The molecule has 0 aliphatic carbocycles. The molecule has 1 atom stereocenters. The number of carbonyl (C=O) groups excluding carboxylic acids is 1. The molecule has 88 valence electrons. The molecule has 1 aromatic rings. The van der Waals surface area contributed by atoms with E-state index in [9.17, 15) is 9.90 Å². The summed E-state index contributed by atoms with van der Waals surface area (Å²) in [7, 11) is 3.65. The molecule has 0 aromatic heterocycles. The number of nitrogens with zero attached hydrogens (tertiary/aromatic N) is 1. The van der Waals surface area contributed by atoms with Crippen molar-refractivity contribution in [2.45, 2.75) is 6.10 Å². The number of nitrogens with one attached hydrogen (secondary N) is 1. The van der Waals surface area contributed by atoms with Crippen LogP contribution >= 0.6 is 0 Å². The van der Waals surface area contributed by atoms with E-state index in [1.807, 2.05) is 44.4 Å².